The second kappa shape index (κ2) is 11.6. The van der Waals surface area contributed by atoms with Crippen molar-refractivity contribution in [1.82, 2.24) is 0 Å². The first-order chi connectivity index (χ1) is 13.6. The maximum absolute atomic E-state index is 12.3. The van der Waals surface area contributed by atoms with Crippen molar-refractivity contribution < 1.29 is 19.1 Å². The molecule has 2 N–H and O–H groups in total. The SMILES string of the molecule is CCCCOc1ccccc1NC(=O)CNc1ccc(C(=O)OCCC)cc1. The smallest absolute Gasteiger partial charge is 0.338 e. The largest absolute Gasteiger partial charge is 0.491 e. The highest BCUT2D eigenvalue weighted by molar-refractivity contribution is 5.95. The Balaban J connectivity index is 1.85. The Morgan fingerprint density at radius 2 is 1.68 bits per heavy atom. The number of ether oxygens (including phenoxy) is 2. The van der Waals surface area contributed by atoms with Crippen molar-refractivity contribution in [1.29, 1.82) is 0 Å². The van der Waals surface area contributed by atoms with E-state index in [0.29, 0.717) is 30.2 Å². The molecule has 0 aliphatic heterocycles. The topological polar surface area (TPSA) is 76.7 Å². The first-order valence-electron chi connectivity index (χ1n) is 9.66. The van der Waals surface area contributed by atoms with Gasteiger partial charge in [0.25, 0.3) is 0 Å². The lowest BCUT2D eigenvalue weighted by molar-refractivity contribution is -0.114. The first kappa shape index (κ1) is 21.3. The highest BCUT2D eigenvalue weighted by atomic mass is 16.5. The fraction of sp³-hybridized carbons (Fsp3) is 0.364. The molecule has 0 saturated heterocycles. The Morgan fingerprint density at radius 3 is 2.39 bits per heavy atom. The van der Waals surface area contributed by atoms with E-state index in [2.05, 4.69) is 17.6 Å². The average Bonchev–Trinajstić information content (AvgIpc) is 2.72. The third-order valence-corrected chi connectivity index (χ3v) is 3.93. The Bertz CT molecular complexity index is 759. The number of unbranched alkanes of at least 4 members (excludes halogenated alkanes) is 1. The van der Waals surface area contributed by atoms with E-state index in [9.17, 15) is 9.59 Å². The van der Waals surface area contributed by atoms with Crippen molar-refractivity contribution in [3.8, 4) is 5.75 Å². The van der Waals surface area contributed by atoms with Crippen LogP contribution < -0.4 is 15.4 Å². The Kier molecular flexibility index (Phi) is 8.85. The lowest BCUT2D eigenvalue weighted by atomic mass is 10.2. The van der Waals surface area contributed by atoms with Gasteiger partial charge in [0, 0.05) is 5.69 Å². The van der Waals surface area contributed by atoms with Crippen molar-refractivity contribution in [2.75, 3.05) is 30.4 Å². The fourth-order valence-electron chi connectivity index (χ4n) is 2.40. The third kappa shape index (κ3) is 6.95. The van der Waals surface area contributed by atoms with E-state index >= 15 is 0 Å². The molecule has 0 atom stereocenters. The summed E-state index contributed by atoms with van der Waals surface area (Å²) in [4.78, 5) is 24.0. The molecule has 0 spiro atoms. The summed E-state index contributed by atoms with van der Waals surface area (Å²) in [5.41, 5.74) is 1.88. The van der Waals surface area contributed by atoms with Crippen LogP contribution in [0.1, 0.15) is 43.5 Å². The van der Waals surface area contributed by atoms with Crippen LogP contribution in [0.15, 0.2) is 48.5 Å². The summed E-state index contributed by atoms with van der Waals surface area (Å²) in [7, 11) is 0. The minimum Gasteiger partial charge on any atom is -0.491 e. The zero-order valence-electron chi connectivity index (χ0n) is 16.5. The molecule has 0 bridgehead atoms. The minimum absolute atomic E-state index is 0.100. The third-order valence-electron chi connectivity index (χ3n) is 3.93. The van der Waals surface area contributed by atoms with Gasteiger partial charge in [0.1, 0.15) is 5.75 Å². The van der Waals surface area contributed by atoms with Crippen molar-refractivity contribution in [2.45, 2.75) is 33.1 Å². The van der Waals surface area contributed by atoms with Gasteiger partial charge in [0.15, 0.2) is 0 Å². The van der Waals surface area contributed by atoms with Gasteiger partial charge in [-0.05, 0) is 49.2 Å². The molecule has 0 aromatic heterocycles. The van der Waals surface area contributed by atoms with E-state index in [4.69, 9.17) is 9.47 Å². The lowest BCUT2D eigenvalue weighted by Crippen LogP contribution is -2.22. The monoisotopic (exact) mass is 384 g/mol. The highest BCUT2D eigenvalue weighted by Crippen LogP contribution is 2.24. The molecular formula is C22H28N2O4. The Labute approximate surface area is 166 Å². The number of esters is 1. The molecule has 0 aliphatic rings. The van der Waals surface area contributed by atoms with Gasteiger partial charge < -0.3 is 20.1 Å². The second-order valence-corrected chi connectivity index (χ2v) is 6.31. The molecule has 2 aromatic carbocycles. The number of hydrogen-bond donors (Lipinski definition) is 2. The number of rotatable bonds is 11. The van der Waals surface area contributed by atoms with Gasteiger partial charge in [-0.1, -0.05) is 32.4 Å². The van der Waals surface area contributed by atoms with E-state index in [1.165, 1.54) is 0 Å². The Hall–Kier alpha value is -3.02. The van der Waals surface area contributed by atoms with Crippen LogP contribution in [0.3, 0.4) is 0 Å². The normalized spacial score (nSPS) is 10.2. The summed E-state index contributed by atoms with van der Waals surface area (Å²) < 4.78 is 10.8. The van der Waals surface area contributed by atoms with E-state index in [0.717, 1.165) is 24.9 Å². The molecule has 0 unspecified atom stereocenters. The molecule has 1 amide bonds. The summed E-state index contributed by atoms with van der Waals surface area (Å²) in [5.74, 6) is 0.142. The van der Waals surface area contributed by atoms with E-state index < -0.39 is 0 Å². The second-order valence-electron chi connectivity index (χ2n) is 6.31. The van der Waals surface area contributed by atoms with E-state index in [-0.39, 0.29) is 18.4 Å². The number of hydrogen-bond acceptors (Lipinski definition) is 5. The Morgan fingerprint density at radius 1 is 0.929 bits per heavy atom. The van der Waals surface area contributed by atoms with E-state index in [1.54, 1.807) is 24.3 Å². The van der Waals surface area contributed by atoms with Crippen molar-refractivity contribution in [2.24, 2.45) is 0 Å². The van der Waals surface area contributed by atoms with Crippen LogP contribution in [0.2, 0.25) is 0 Å². The first-order valence-corrected chi connectivity index (χ1v) is 9.66. The molecule has 0 fully saturated rings. The van der Waals surface area contributed by atoms with Crippen LogP contribution in [0.25, 0.3) is 0 Å². The zero-order chi connectivity index (χ0) is 20.2. The van der Waals surface area contributed by atoms with Crippen LogP contribution in [-0.4, -0.2) is 31.6 Å². The van der Waals surface area contributed by atoms with Gasteiger partial charge in [-0.3, -0.25) is 4.79 Å². The summed E-state index contributed by atoms with van der Waals surface area (Å²) in [6.45, 7) is 5.17. The minimum atomic E-state index is -0.342. The number of nitrogens with one attached hydrogen (secondary N) is 2. The summed E-state index contributed by atoms with van der Waals surface area (Å²) in [6.07, 6.45) is 2.80. The van der Waals surface area contributed by atoms with Gasteiger partial charge in [-0.2, -0.15) is 0 Å². The molecule has 0 heterocycles. The van der Waals surface area contributed by atoms with Crippen molar-refractivity contribution in [3.05, 3.63) is 54.1 Å². The lowest BCUT2D eigenvalue weighted by Gasteiger charge is -2.13. The van der Waals surface area contributed by atoms with Gasteiger partial charge >= 0.3 is 5.97 Å². The van der Waals surface area contributed by atoms with E-state index in [1.807, 2.05) is 31.2 Å². The number of carbonyl (C=O) groups is 2. The van der Waals surface area contributed by atoms with Crippen LogP contribution in [0.4, 0.5) is 11.4 Å². The highest BCUT2D eigenvalue weighted by Gasteiger charge is 2.09. The molecule has 2 aromatic rings. The predicted octanol–water partition coefficient (Wildman–Crippen LogP) is 4.48. The van der Waals surface area contributed by atoms with Gasteiger partial charge in [0.05, 0.1) is 31.0 Å². The van der Waals surface area contributed by atoms with Gasteiger partial charge in [-0.15, -0.1) is 0 Å². The maximum atomic E-state index is 12.3. The number of anilines is 2. The maximum Gasteiger partial charge on any atom is 0.338 e. The quantitative estimate of drug-likeness (QED) is 0.441. The van der Waals surface area contributed by atoms with Gasteiger partial charge in [-0.25, -0.2) is 4.79 Å². The fourth-order valence-corrected chi connectivity index (χ4v) is 2.40. The molecule has 6 nitrogen and oxygen atoms in total. The zero-order valence-corrected chi connectivity index (χ0v) is 16.5. The van der Waals surface area contributed by atoms with Crippen LogP contribution in [0.5, 0.6) is 5.75 Å². The number of benzene rings is 2. The van der Waals surface area contributed by atoms with Crippen molar-refractivity contribution >= 4 is 23.3 Å². The van der Waals surface area contributed by atoms with Gasteiger partial charge in [0.2, 0.25) is 5.91 Å². The molecule has 6 heteroatoms. The standard InChI is InChI=1S/C22H28N2O4/c1-3-5-15-27-20-9-7-6-8-19(20)24-21(25)16-23-18-12-10-17(11-13-18)22(26)28-14-4-2/h6-13,23H,3-5,14-16H2,1-2H3,(H,24,25). The number of para-hydroxylation sites is 2. The van der Waals surface area contributed by atoms with Crippen LogP contribution >= 0.6 is 0 Å². The summed E-state index contributed by atoms with van der Waals surface area (Å²) >= 11 is 0. The molecule has 0 saturated carbocycles. The van der Waals surface area contributed by atoms with Crippen LogP contribution in [-0.2, 0) is 9.53 Å². The summed E-state index contributed by atoms with van der Waals surface area (Å²) in [6, 6.07) is 14.2. The van der Waals surface area contributed by atoms with Crippen LogP contribution in [0, 0.1) is 0 Å². The average molecular weight is 384 g/mol. The summed E-state index contributed by atoms with van der Waals surface area (Å²) in [5, 5.41) is 5.90. The molecule has 28 heavy (non-hydrogen) atoms. The molecular weight excluding hydrogens is 356 g/mol. The molecule has 0 radical (unpaired) electrons. The van der Waals surface area contributed by atoms with Crippen molar-refractivity contribution in [3.63, 3.8) is 0 Å². The molecule has 150 valence electrons. The molecule has 0 aliphatic carbocycles. The predicted molar refractivity (Wildman–Crippen MR) is 111 cm³/mol. The number of amides is 1. The number of carbonyl (C=O) groups excluding carboxylic acids is 2. The molecule has 2 rings (SSSR count).